The van der Waals surface area contributed by atoms with Gasteiger partial charge in [0.1, 0.15) is 0 Å². The Balaban J connectivity index is 0.000000188. The first-order valence-corrected chi connectivity index (χ1v) is 8.04. The van der Waals surface area contributed by atoms with E-state index in [0.29, 0.717) is 6.42 Å². The van der Waals surface area contributed by atoms with E-state index in [1.54, 1.807) is 0 Å². The maximum absolute atomic E-state index is 9.96. The molecule has 1 aromatic heterocycles. The Morgan fingerprint density at radius 2 is 1.26 bits per heavy atom. The van der Waals surface area contributed by atoms with E-state index >= 15 is 0 Å². The van der Waals surface area contributed by atoms with E-state index in [0.717, 1.165) is 41.3 Å². The van der Waals surface area contributed by atoms with E-state index in [4.69, 9.17) is 5.11 Å². The molecule has 2 aromatic carbocycles. The molecule has 3 rings (SSSR count). The molecule has 4 heteroatoms. The van der Waals surface area contributed by atoms with Gasteiger partial charge < -0.3 is 5.11 Å². The quantitative estimate of drug-likeness (QED) is 0.542. The molecule has 0 saturated carbocycles. The molecule has 0 spiro atoms. The average Bonchev–Trinajstić information content (AvgIpc) is 2.57. The van der Waals surface area contributed by atoms with Crippen molar-refractivity contribution in [2.24, 2.45) is 0 Å². The number of nitrogens with zero attached hydrogens (tertiary/aromatic N) is 2. The number of carboxylic acids is 1. The number of rotatable bonds is 5. The fraction of sp³-hybridized carbons (Fsp3) is 0.316. The van der Waals surface area contributed by atoms with Crippen molar-refractivity contribution in [3.05, 3.63) is 48.5 Å². The summed E-state index contributed by atoms with van der Waals surface area (Å²) in [6.07, 6.45) is 4.55. The molecule has 3 aromatic rings. The number of carbonyl (C=O) groups is 1. The van der Waals surface area contributed by atoms with Crippen molar-refractivity contribution < 1.29 is 9.90 Å². The molecule has 0 amide bonds. The van der Waals surface area contributed by atoms with Crippen LogP contribution in [0.4, 0.5) is 0 Å². The Kier molecular flexibility index (Phi) is 6.48. The van der Waals surface area contributed by atoms with Crippen LogP contribution >= 0.6 is 0 Å². The lowest BCUT2D eigenvalue weighted by Crippen LogP contribution is -1.92. The minimum Gasteiger partial charge on any atom is -0.481 e. The third-order valence-corrected chi connectivity index (χ3v) is 3.49. The zero-order valence-electron chi connectivity index (χ0n) is 13.4. The van der Waals surface area contributed by atoms with Crippen LogP contribution in [0.3, 0.4) is 0 Å². The largest absolute Gasteiger partial charge is 0.481 e. The summed E-state index contributed by atoms with van der Waals surface area (Å²) in [5, 5.41) is 8.21. The number of hydrogen-bond acceptors (Lipinski definition) is 3. The van der Waals surface area contributed by atoms with Gasteiger partial charge in [-0.1, -0.05) is 50.5 Å². The second-order valence-electron chi connectivity index (χ2n) is 5.41. The average molecular weight is 310 g/mol. The summed E-state index contributed by atoms with van der Waals surface area (Å²) in [6.45, 7) is 2.11. The first-order chi connectivity index (χ1) is 11.2. The van der Waals surface area contributed by atoms with E-state index in [1.807, 2.05) is 48.5 Å². The van der Waals surface area contributed by atoms with Gasteiger partial charge in [-0.25, -0.2) is 9.97 Å². The zero-order valence-corrected chi connectivity index (χ0v) is 13.4. The van der Waals surface area contributed by atoms with Crippen LogP contribution in [0.2, 0.25) is 0 Å². The summed E-state index contributed by atoms with van der Waals surface area (Å²) in [7, 11) is 0. The predicted octanol–water partition coefficient (Wildman–Crippen LogP) is 4.82. The van der Waals surface area contributed by atoms with Crippen LogP contribution in [0.15, 0.2) is 48.5 Å². The van der Waals surface area contributed by atoms with Crippen LogP contribution in [0.5, 0.6) is 0 Å². The number of hydrogen-bond donors (Lipinski definition) is 1. The van der Waals surface area contributed by atoms with E-state index < -0.39 is 5.97 Å². The second-order valence-corrected chi connectivity index (χ2v) is 5.41. The summed E-state index contributed by atoms with van der Waals surface area (Å²) in [5.41, 5.74) is 3.80. The van der Waals surface area contributed by atoms with Gasteiger partial charge in [0.25, 0.3) is 0 Å². The van der Waals surface area contributed by atoms with E-state index in [9.17, 15) is 4.79 Å². The number of para-hydroxylation sites is 4. The van der Waals surface area contributed by atoms with Crippen LogP contribution in [0.25, 0.3) is 22.1 Å². The molecule has 0 atom stereocenters. The van der Waals surface area contributed by atoms with E-state index in [1.165, 1.54) is 6.42 Å². The Morgan fingerprint density at radius 3 is 1.61 bits per heavy atom. The van der Waals surface area contributed by atoms with Gasteiger partial charge in [0.05, 0.1) is 22.1 Å². The molecule has 0 saturated heterocycles. The van der Waals surface area contributed by atoms with E-state index in [-0.39, 0.29) is 0 Å². The Morgan fingerprint density at radius 1 is 0.826 bits per heavy atom. The third-order valence-electron chi connectivity index (χ3n) is 3.49. The topological polar surface area (TPSA) is 63.1 Å². The van der Waals surface area contributed by atoms with Crippen LogP contribution in [-0.4, -0.2) is 21.0 Å². The first-order valence-electron chi connectivity index (χ1n) is 8.04. The fourth-order valence-corrected chi connectivity index (χ4v) is 2.27. The SMILES string of the molecule is CCCCCCC(=O)O.c1ccc2nc3ccccc3nc2c1. The van der Waals surface area contributed by atoms with Gasteiger partial charge in [0, 0.05) is 6.42 Å². The molecule has 1 N–H and O–H groups in total. The predicted molar refractivity (Wildman–Crippen MR) is 93.4 cm³/mol. The summed E-state index contributed by atoms with van der Waals surface area (Å²) >= 11 is 0. The zero-order chi connectivity index (χ0) is 16.5. The van der Waals surface area contributed by atoms with Crippen molar-refractivity contribution >= 4 is 28.0 Å². The lowest BCUT2D eigenvalue weighted by Gasteiger charge is -1.98. The molecule has 0 bridgehead atoms. The molecule has 23 heavy (non-hydrogen) atoms. The highest BCUT2D eigenvalue weighted by atomic mass is 16.4. The number of aromatic nitrogens is 2. The second kappa shape index (κ2) is 8.83. The molecule has 0 radical (unpaired) electrons. The molecular weight excluding hydrogens is 288 g/mol. The Labute approximate surface area is 136 Å². The van der Waals surface area contributed by atoms with Gasteiger partial charge in [-0.2, -0.15) is 0 Å². The highest BCUT2D eigenvalue weighted by Crippen LogP contribution is 2.14. The Hall–Kier alpha value is -2.49. The van der Waals surface area contributed by atoms with Crippen molar-refractivity contribution in [3.63, 3.8) is 0 Å². The number of benzene rings is 2. The van der Waals surface area contributed by atoms with Crippen LogP contribution in [-0.2, 0) is 4.79 Å². The van der Waals surface area contributed by atoms with Crippen molar-refractivity contribution in [2.75, 3.05) is 0 Å². The molecule has 0 aliphatic carbocycles. The lowest BCUT2D eigenvalue weighted by molar-refractivity contribution is -0.137. The molecule has 120 valence electrons. The van der Waals surface area contributed by atoms with Gasteiger partial charge in [-0.05, 0) is 30.7 Å². The molecule has 1 heterocycles. The van der Waals surface area contributed by atoms with Gasteiger partial charge >= 0.3 is 5.97 Å². The molecule has 0 aliphatic rings. The van der Waals surface area contributed by atoms with Gasteiger partial charge in [-0.3, -0.25) is 4.79 Å². The highest BCUT2D eigenvalue weighted by Gasteiger charge is 1.98. The summed E-state index contributed by atoms with van der Waals surface area (Å²) < 4.78 is 0. The minimum atomic E-state index is -0.675. The standard InChI is InChI=1S/C12H8N2.C7H14O2/c1-2-6-10-9(5-1)13-11-7-3-4-8-12(11)14-10;1-2-3-4-5-6-7(8)9/h1-8H;2-6H2,1H3,(H,8,9). The fourth-order valence-electron chi connectivity index (χ4n) is 2.27. The van der Waals surface area contributed by atoms with Crippen LogP contribution < -0.4 is 0 Å². The monoisotopic (exact) mass is 310 g/mol. The van der Waals surface area contributed by atoms with Gasteiger partial charge in [0.2, 0.25) is 0 Å². The molecule has 0 unspecified atom stereocenters. The highest BCUT2D eigenvalue weighted by molar-refractivity contribution is 5.85. The van der Waals surface area contributed by atoms with Crippen molar-refractivity contribution in [1.82, 2.24) is 9.97 Å². The van der Waals surface area contributed by atoms with Gasteiger partial charge in [0.15, 0.2) is 0 Å². The van der Waals surface area contributed by atoms with Crippen LogP contribution in [0.1, 0.15) is 39.0 Å². The summed E-state index contributed by atoms with van der Waals surface area (Å²) in [4.78, 5) is 19.0. The number of unbranched alkanes of at least 4 members (excludes halogenated alkanes) is 3. The number of carboxylic acid groups (broad SMARTS) is 1. The maximum atomic E-state index is 9.96. The molecule has 0 aliphatic heterocycles. The molecular formula is C19H22N2O2. The normalized spacial score (nSPS) is 10.3. The number of aliphatic carboxylic acids is 1. The minimum absolute atomic E-state index is 0.333. The van der Waals surface area contributed by atoms with E-state index in [2.05, 4.69) is 16.9 Å². The number of fused-ring (bicyclic) bond motifs is 2. The smallest absolute Gasteiger partial charge is 0.303 e. The molecule has 0 fully saturated rings. The Bertz CT molecular complexity index is 666. The first kappa shape index (κ1) is 16.9. The third kappa shape index (κ3) is 5.33. The van der Waals surface area contributed by atoms with Crippen molar-refractivity contribution in [2.45, 2.75) is 39.0 Å². The lowest BCUT2D eigenvalue weighted by atomic mass is 10.2. The summed E-state index contributed by atoms with van der Waals surface area (Å²) in [5.74, 6) is -0.675. The van der Waals surface area contributed by atoms with Crippen LogP contribution in [0, 0.1) is 0 Å². The summed E-state index contributed by atoms with van der Waals surface area (Å²) in [6, 6.07) is 15.8. The van der Waals surface area contributed by atoms with Crippen molar-refractivity contribution in [3.8, 4) is 0 Å². The molecule has 4 nitrogen and oxygen atoms in total. The van der Waals surface area contributed by atoms with Gasteiger partial charge in [-0.15, -0.1) is 0 Å². The van der Waals surface area contributed by atoms with Crippen molar-refractivity contribution in [1.29, 1.82) is 0 Å². The maximum Gasteiger partial charge on any atom is 0.303 e.